The third-order valence-electron chi connectivity index (χ3n) is 4.25. The zero-order valence-electron chi connectivity index (χ0n) is 15.8. The molecule has 0 radical (unpaired) electrons. The topological polar surface area (TPSA) is 54.0 Å². The van der Waals surface area contributed by atoms with E-state index in [1.165, 1.54) is 0 Å². The largest absolute Gasteiger partial charge is 0.508 e. The molecule has 0 aliphatic carbocycles. The van der Waals surface area contributed by atoms with E-state index in [4.69, 9.17) is 21.7 Å². The van der Waals surface area contributed by atoms with E-state index in [-0.39, 0.29) is 5.75 Å². The number of phenols is 1. The van der Waals surface area contributed by atoms with Gasteiger partial charge in [-0.1, -0.05) is 30.3 Å². The van der Waals surface area contributed by atoms with E-state index in [9.17, 15) is 5.11 Å². The van der Waals surface area contributed by atoms with Gasteiger partial charge in [-0.05, 0) is 42.5 Å². The molecule has 0 saturated heterocycles. The maximum atomic E-state index is 10.2. The molecule has 0 unspecified atom stereocenters. The van der Waals surface area contributed by atoms with E-state index in [1.54, 1.807) is 26.4 Å². The number of aromatic hydroxyl groups is 1. The lowest BCUT2D eigenvalue weighted by molar-refractivity contribution is 0.415. The molecule has 3 rings (SSSR count). The first-order valence-corrected chi connectivity index (χ1v) is 9.15. The third kappa shape index (κ3) is 4.72. The summed E-state index contributed by atoms with van der Waals surface area (Å²) in [7, 11) is 3.25. The fourth-order valence-electron chi connectivity index (χ4n) is 2.77. The highest BCUT2D eigenvalue weighted by Gasteiger charge is 2.16. The van der Waals surface area contributed by atoms with Crippen molar-refractivity contribution in [2.45, 2.75) is 6.54 Å². The number of anilines is 2. The Morgan fingerprint density at radius 3 is 2.32 bits per heavy atom. The van der Waals surface area contributed by atoms with Crippen LogP contribution in [-0.4, -0.2) is 24.4 Å². The summed E-state index contributed by atoms with van der Waals surface area (Å²) in [6.45, 7) is 0.398. The molecular formula is C22H22N2O3S. The molecule has 0 fully saturated rings. The van der Waals surface area contributed by atoms with E-state index in [0.717, 1.165) is 28.4 Å². The molecule has 0 amide bonds. The highest BCUT2D eigenvalue weighted by atomic mass is 32.1. The predicted octanol–water partition coefficient (Wildman–Crippen LogP) is 4.81. The molecule has 0 saturated carbocycles. The van der Waals surface area contributed by atoms with Crippen LogP contribution in [0.1, 0.15) is 5.56 Å². The number of phenolic OH excluding ortho intramolecular Hbond substituents is 1. The summed E-state index contributed by atoms with van der Waals surface area (Å²) >= 11 is 5.69. The van der Waals surface area contributed by atoms with Gasteiger partial charge < -0.3 is 24.8 Å². The van der Waals surface area contributed by atoms with Crippen molar-refractivity contribution in [1.29, 1.82) is 0 Å². The molecule has 0 aliphatic rings. The summed E-state index contributed by atoms with van der Waals surface area (Å²) in [4.78, 5) is 1.91. The van der Waals surface area contributed by atoms with Gasteiger partial charge in [-0.3, -0.25) is 0 Å². The monoisotopic (exact) mass is 394 g/mol. The van der Waals surface area contributed by atoms with Crippen LogP contribution >= 0.6 is 12.2 Å². The van der Waals surface area contributed by atoms with Crippen molar-refractivity contribution in [2.75, 3.05) is 24.4 Å². The Morgan fingerprint density at radius 1 is 0.929 bits per heavy atom. The molecule has 0 heterocycles. The molecule has 0 bridgehead atoms. The Morgan fingerprint density at radius 2 is 1.61 bits per heavy atom. The van der Waals surface area contributed by atoms with Gasteiger partial charge in [0.1, 0.15) is 17.2 Å². The number of nitrogens with zero attached hydrogens (tertiary/aromatic N) is 1. The van der Waals surface area contributed by atoms with Crippen LogP contribution in [0.5, 0.6) is 17.2 Å². The van der Waals surface area contributed by atoms with Gasteiger partial charge in [-0.25, -0.2) is 0 Å². The van der Waals surface area contributed by atoms with Crippen LogP contribution in [0.25, 0.3) is 0 Å². The standard InChI is InChI=1S/C22H22N2O3S/c1-26-19-10-5-8-17(13-19)23-22(28)24(15-16-7-3-4-12-21(16)25)18-9-6-11-20(14-18)27-2/h3-14,25H,15H2,1-2H3,(H,23,28). The van der Waals surface area contributed by atoms with Crippen molar-refractivity contribution >= 4 is 28.7 Å². The minimum atomic E-state index is 0.222. The Balaban J connectivity index is 1.92. The van der Waals surface area contributed by atoms with Crippen molar-refractivity contribution in [3.63, 3.8) is 0 Å². The smallest absolute Gasteiger partial charge is 0.178 e. The maximum Gasteiger partial charge on any atom is 0.178 e. The second-order valence-electron chi connectivity index (χ2n) is 6.08. The first-order chi connectivity index (χ1) is 13.6. The van der Waals surface area contributed by atoms with Crippen LogP contribution in [0.3, 0.4) is 0 Å². The van der Waals surface area contributed by atoms with Crippen LogP contribution in [0.2, 0.25) is 0 Å². The average molecular weight is 394 g/mol. The summed E-state index contributed by atoms with van der Waals surface area (Å²) in [6.07, 6.45) is 0. The summed E-state index contributed by atoms with van der Waals surface area (Å²) in [6, 6.07) is 22.4. The Kier molecular flexibility index (Phi) is 6.34. The molecule has 144 valence electrons. The first kappa shape index (κ1) is 19.5. The molecule has 0 aromatic heterocycles. The molecule has 3 aromatic carbocycles. The first-order valence-electron chi connectivity index (χ1n) is 8.74. The normalized spacial score (nSPS) is 10.2. The lowest BCUT2D eigenvalue weighted by Crippen LogP contribution is -2.34. The molecule has 28 heavy (non-hydrogen) atoms. The number of nitrogens with one attached hydrogen (secondary N) is 1. The zero-order chi connectivity index (χ0) is 19.9. The fourth-order valence-corrected chi connectivity index (χ4v) is 3.05. The number of benzene rings is 3. The molecule has 0 atom stereocenters. The van der Waals surface area contributed by atoms with Gasteiger partial charge in [0.05, 0.1) is 20.8 Å². The molecule has 3 aromatic rings. The van der Waals surface area contributed by atoms with E-state index in [1.807, 2.05) is 65.6 Å². The molecule has 5 nitrogen and oxygen atoms in total. The number of thiocarbonyl (C=S) groups is 1. The van der Waals surface area contributed by atoms with Gasteiger partial charge in [0.25, 0.3) is 0 Å². The van der Waals surface area contributed by atoms with Gasteiger partial charge in [-0.2, -0.15) is 0 Å². The van der Waals surface area contributed by atoms with Gasteiger partial charge in [0.15, 0.2) is 5.11 Å². The van der Waals surface area contributed by atoms with Gasteiger partial charge in [0, 0.05) is 29.1 Å². The highest BCUT2D eigenvalue weighted by Crippen LogP contribution is 2.27. The lowest BCUT2D eigenvalue weighted by atomic mass is 10.1. The summed E-state index contributed by atoms with van der Waals surface area (Å²) in [5.41, 5.74) is 2.43. The maximum absolute atomic E-state index is 10.2. The van der Waals surface area contributed by atoms with Crippen LogP contribution < -0.4 is 19.7 Å². The van der Waals surface area contributed by atoms with Gasteiger partial charge in [-0.15, -0.1) is 0 Å². The molecule has 0 spiro atoms. The van der Waals surface area contributed by atoms with Crippen molar-refractivity contribution in [2.24, 2.45) is 0 Å². The molecule has 6 heteroatoms. The van der Waals surface area contributed by atoms with Crippen molar-refractivity contribution < 1.29 is 14.6 Å². The molecule has 2 N–H and O–H groups in total. The number of rotatable bonds is 6. The number of methoxy groups -OCH3 is 2. The molecular weight excluding hydrogens is 372 g/mol. The predicted molar refractivity (Wildman–Crippen MR) is 116 cm³/mol. The third-order valence-corrected chi connectivity index (χ3v) is 4.57. The average Bonchev–Trinajstić information content (AvgIpc) is 2.73. The number of hydrogen-bond acceptors (Lipinski definition) is 4. The number of ether oxygens (including phenoxy) is 2. The SMILES string of the molecule is COc1cccc(NC(=S)N(Cc2ccccc2O)c2cccc(OC)c2)c1. The summed E-state index contributed by atoms with van der Waals surface area (Å²) in [5.74, 6) is 1.69. The second-order valence-corrected chi connectivity index (χ2v) is 6.47. The number of para-hydroxylation sites is 1. The fraction of sp³-hybridized carbons (Fsp3) is 0.136. The summed E-state index contributed by atoms with van der Waals surface area (Å²) < 4.78 is 10.6. The van der Waals surface area contributed by atoms with Crippen molar-refractivity contribution in [3.8, 4) is 17.2 Å². The second kappa shape index (κ2) is 9.10. The van der Waals surface area contributed by atoms with Crippen LogP contribution in [0, 0.1) is 0 Å². The lowest BCUT2D eigenvalue weighted by Gasteiger charge is -2.27. The van der Waals surface area contributed by atoms with E-state index >= 15 is 0 Å². The van der Waals surface area contributed by atoms with Crippen LogP contribution in [0.15, 0.2) is 72.8 Å². The van der Waals surface area contributed by atoms with Crippen molar-refractivity contribution in [3.05, 3.63) is 78.4 Å². The van der Waals surface area contributed by atoms with Gasteiger partial charge >= 0.3 is 0 Å². The summed E-state index contributed by atoms with van der Waals surface area (Å²) in [5, 5.41) is 14.0. The van der Waals surface area contributed by atoms with Gasteiger partial charge in [0.2, 0.25) is 0 Å². The zero-order valence-corrected chi connectivity index (χ0v) is 16.6. The minimum absolute atomic E-state index is 0.222. The Labute approximate surface area is 170 Å². The van der Waals surface area contributed by atoms with Crippen molar-refractivity contribution in [1.82, 2.24) is 0 Å². The minimum Gasteiger partial charge on any atom is -0.508 e. The van der Waals surface area contributed by atoms with Crippen LogP contribution in [0.4, 0.5) is 11.4 Å². The van der Waals surface area contributed by atoms with Crippen LogP contribution in [-0.2, 0) is 6.54 Å². The number of hydrogen-bond donors (Lipinski definition) is 2. The van der Waals surface area contributed by atoms with E-state index in [0.29, 0.717) is 11.7 Å². The quantitative estimate of drug-likeness (QED) is 0.585. The van der Waals surface area contributed by atoms with E-state index in [2.05, 4.69) is 5.32 Å². The highest BCUT2D eigenvalue weighted by molar-refractivity contribution is 7.80. The Bertz CT molecular complexity index is 962. The molecule has 0 aliphatic heterocycles. The Hall–Kier alpha value is -3.25. The van der Waals surface area contributed by atoms with E-state index < -0.39 is 0 Å².